The molecule has 0 spiro atoms. The van der Waals surface area contributed by atoms with Crippen LogP contribution in [0, 0.1) is 0 Å². The van der Waals surface area contributed by atoms with E-state index >= 15 is 0 Å². The number of aliphatic hydroxyl groups is 2. The van der Waals surface area contributed by atoms with Crippen molar-refractivity contribution in [2.75, 3.05) is 24.7 Å². The summed E-state index contributed by atoms with van der Waals surface area (Å²) in [7, 11) is -4.86. The smallest absolute Gasteiger partial charge is 0.472 e. The molecule has 0 bridgehead atoms. The third-order valence-corrected chi connectivity index (χ3v) is 7.53. The number of hydrogen-bond donors (Lipinski definition) is 7. The molecule has 7 atom stereocenters. The van der Waals surface area contributed by atoms with Crippen LogP contribution in [0.4, 0.5) is 11.8 Å². The van der Waals surface area contributed by atoms with E-state index in [-0.39, 0.29) is 30.0 Å². The van der Waals surface area contributed by atoms with Gasteiger partial charge in [0.25, 0.3) is 5.56 Å². The Morgan fingerprint density at radius 2 is 1.88 bits per heavy atom. The first-order valence-electron chi connectivity index (χ1n) is 12.0. The summed E-state index contributed by atoms with van der Waals surface area (Å²) in [6.45, 7) is -1.28. The first-order chi connectivity index (χ1) is 19.4. The molecule has 222 valence electrons. The molecule has 41 heavy (non-hydrogen) atoms. The number of aliphatic hydroxyl groups excluding tert-OH is 2. The quantitative estimate of drug-likeness (QED) is 0.127. The molecule has 0 saturated carbocycles. The second kappa shape index (κ2) is 10.9. The van der Waals surface area contributed by atoms with Crippen molar-refractivity contribution in [2.45, 2.75) is 49.7 Å². The van der Waals surface area contributed by atoms with Crippen LogP contribution in [0.25, 0.3) is 11.2 Å². The molecule has 21 heteroatoms. The Morgan fingerprint density at radius 1 is 1.17 bits per heavy atom. The summed E-state index contributed by atoms with van der Waals surface area (Å²) in [5.74, 6) is -2.11. The van der Waals surface area contributed by atoms with E-state index in [9.17, 15) is 39.2 Å². The number of nitrogens with one attached hydrogen (secondary N) is 1. The van der Waals surface area contributed by atoms with Crippen molar-refractivity contribution in [3.05, 3.63) is 38.9 Å². The van der Waals surface area contributed by atoms with E-state index in [1.54, 1.807) is 0 Å². The number of nitrogens with zero attached hydrogens (tertiary/aromatic N) is 5. The van der Waals surface area contributed by atoms with E-state index in [4.69, 9.17) is 30.0 Å². The highest BCUT2D eigenvalue weighted by atomic mass is 31.2. The number of anilines is 2. The summed E-state index contributed by atoms with van der Waals surface area (Å²) in [6, 6.07) is 0. The van der Waals surface area contributed by atoms with E-state index in [1.807, 2.05) is 0 Å². The fourth-order valence-electron chi connectivity index (χ4n) is 4.56. The minimum absolute atomic E-state index is 0.00209. The zero-order valence-corrected chi connectivity index (χ0v) is 21.7. The summed E-state index contributed by atoms with van der Waals surface area (Å²) < 4.78 is 36.4. The van der Waals surface area contributed by atoms with Crippen molar-refractivity contribution in [3.8, 4) is 0 Å². The van der Waals surface area contributed by atoms with Gasteiger partial charge < -0.3 is 41.2 Å². The maximum atomic E-state index is 12.7. The van der Waals surface area contributed by atoms with Crippen LogP contribution in [-0.4, -0.2) is 92.9 Å². The lowest BCUT2D eigenvalue weighted by Gasteiger charge is -2.21. The normalized spacial score (nSPS) is 27.8. The van der Waals surface area contributed by atoms with E-state index in [0.29, 0.717) is 0 Å². The number of carboxylic acid groups (broad SMARTS) is 1. The summed E-state index contributed by atoms with van der Waals surface area (Å²) in [5.41, 5.74) is 9.18. The molecule has 0 amide bonds. The molecule has 9 N–H and O–H groups in total. The van der Waals surface area contributed by atoms with Gasteiger partial charge in [0.05, 0.1) is 25.6 Å². The highest BCUT2D eigenvalue weighted by molar-refractivity contribution is 7.47. The number of carboxylic acids is 1. The Kier molecular flexibility index (Phi) is 7.66. The second-order valence-corrected chi connectivity index (χ2v) is 10.6. The van der Waals surface area contributed by atoms with Crippen LogP contribution in [0.5, 0.6) is 0 Å². The van der Waals surface area contributed by atoms with Gasteiger partial charge in [-0.3, -0.25) is 28.0 Å². The van der Waals surface area contributed by atoms with E-state index < -0.39 is 86.5 Å². The first-order valence-corrected chi connectivity index (χ1v) is 13.5. The highest BCUT2D eigenvalue weighted by Gasteiger charge is 2.43. The van der Waals surface area contributed by atoms with E-state index in [0.717, 1.165) is 10.8 Å². The van der Waals surface area contributed by atoms with Crippen molar-refractivity contribution < 1.29 is 48.1 Å². The predicted molar refractivity (Wildman–Crippen MR) is 133 cm³/mol. The van der Waals surface area contributed by atoms with Gasteiger partial charge in [-0.1, -0.05) is 0 Å². The summed E-state index contributed by atoms with van der Waals surface area (Å²) >= 11 is 0. The van der Waals surface area contributed by atoms with Gasteiger partial charge in [0.1, 0.15) is 42.1 Å². The van der Waals surface area contributed by atoms with Crippen LogP contribution in [0.2, 0.25) is 0 Å². The van der Waals surface area contributed by atoms with Gasteiger partial charge >= 0.3 is 19.5 Å². The van der Waals surface area contributed by atoms with E-state index in [1.165, 1.54) is 10.9 Å². The number of aromatic amines is 1. The van der Waals surface area contributed by atoms with Crippen LogP contribution in [0.15, 0.2) is 22.1 Å². The number of carbonyl (C=O) groups is 1. The SMILES string of the molecule is Nc1nc2c(ncn2[C@H]2CC(O)[C@@H](COP(=O)(O)OC3C[C@H](n4cc(C(=O)O)c(N)nc4=O)O[C@@H]3CO)O2)c(=O)[nH]1. The standard InChI is InChI=1S/C20H25N8O12P/c21-15-7(18(32)33)3-27(20(34)24-15)13-2-9(10(4-29)38-13)40-41(35,36)37-5-11-8(30)1-12(39-11)28-6-23-14-16(28)25-19(22)26-17(14)31/h3,6,8-13,29-30H,1-2,4-5H2,(H,32,33)(H,35,36)(H2,21,24,34)(H3,22,25,26,31)/t8?,9?,10-,11-,12-,13-/m1/s1. The third kappa shape index (κ3) is 5.72. The number of phosphoric acid groups is 1. The number of hydrogen-bond acceptors (Lipinski definition) is 15. The Bertz CT molecular complexity index is 1640. The molecular weight excluding hydrogens is 575 g/mol. The monoisotopic (exact) mass is 600 g/mol. The molecule has 0 aliphatic carbocycles. The number of aromatic carboxylic acids is 1. The van der Waals surface area contributed by atoms with Crippen molar-refractivity contribution in [2.24, 2.45) is 0 Å². The molecule has 20 nitrogen and oxygen atoms in total. The molecule has 3 aromatic rings. The van der Waals surface area contributed by atoms with E-state index in [2.05, 4.69) is 19.9 Å². The van der Waals surface area contributed by atoms with Gasteiger partial charge in [-0.25, -0.2) is 19.1 Å². The number of phosphoric ester groups is 1. The number of ether oxygens (including phenoxy) is 2. The van der Waals surface area contributed by atoms with Crippen LogP contribution in [-0.2, 0) is 23.1 Å². The molecule has 2 aliphatic heterocycles. The summed E-state index contributed by atoms with van der Waals surface area (Å²) in [6.07, 6.45) is -4.88. The topological polar surface area (TPSA) is 302 Å². The van der Waals surface area contributed by atoms with Gasteiger partial charge in [0.15, 0.2) is 11.2 Å². The summed E-state index contributed by atoms with van der Waals surface area (Å²) in [5, 5.41) is 29.4. The Hall–Kier alpha value is -3.75. The Labute approximate surface area is 227 Å². The molecule has 5 rings (SSSR count). The van der Waals surface area contributed by atoms with Crippen LogP contribution in [0.1, 0.15) is 35.7 Å². The van der Waals surface area contributed by atoms with Crippen LogP contribution in [0.3, 0.4) is 0 Å². The second-order valence-electron chi connectivity index (χ2n) is 9.20. The lowest BCUT2D eigenvalue weighted by Crippen LogP contribution is -2.30. The minimum atomic E-state index is -4.86. The first kappa shape index (κ1) is 28.8. The molecule has 0 aromatic carbocycles. The predicted octanol–water partition coefficient (Wildman–Crippen LogP) is -2.33. The zero-order valence-electron chi connectivity index (χ0n) is 20.8. The van der Waals surface area contributed by atoms with Gasteiger partial charge in [0.2, 0.25) is 5.95 Å². The fourth-order valence-corrected chi connectivity index (χ4v) is 5.52. The Morgan fingerprint density at radius 3 is 2.59 bits per heavy atom. The average Bonchev–Trinajstić information content (AvgIpc) is 3.59. The van der Waals surface area contributed by atoms with Crippen molar-refractivity contribution in [3.63, 3.8) is 0 Å². The number of H-pyrrole nitrogens is 1. The lowest BCUT2D eigenvalue weighted by atomic mass is 10.2. The molecule has 2 fully saturated rings. The minimum Gasteiger partial charge on any atom is -0.478 e. The lowest BCUT2D eigenvalue weighted by molar-refractivity contribution is -0.0564. The number of imidazole rings is 1. The van der Waals surface area contributed by atoms with Crippen molar-refractivity contribution >= 4 is 36.7 Å². The molecule has 2 aliphatic rings. The maximum absolute atomic E-state index is 12.7. The largest absolute Gasteiger partial charge is 0.478 e. The van der Waals surface area contributed by atoms with Gasteiger partial charge in [-0.05, 0) is 0 Å². The molecular formula is C20H25N8O12P. The Balaban J connectivity index is 1.23. The number of fused-ring (bicyclic) bond motifs is 1. The molecule has 0 radical (unpaired) electrons. The van der Waals surface area contributed by atoms with Crippen LogP contribution < -0.4 is 22.7 Å². The number of nitrogen functional groups attached to an aromatic ring is 2. The van der Waals surface area contributed by atoms with Gasteiger partial charge in [-0.15, -0.1) is 0 Å². The van der Waals surface area contributed by atoms with Crippen LogP contribution >= 0.6 is 7.82 Å². The molecule has 5 heterocycles. The summed E-state index contributed by atoms with van der Waals surface area (Å²) in [4.78, 5) is 59.8. The molecule has 3 aromatic heterocycles. The van der Waals surface area contributed by atoms with Crippen molar-refractivity contribution in [1.82, 2.24) is 29.1 Å². The number of nitrogens with two attached hydrogens (primary N) is 2. The zero-order chi connectivity index (χ0) is 29.6. The van der Waals surface area contributed by atoms with Crippen molar-refractivity contribution in [1.29, 1.82) is 0 Å². The van der Waals surface area contributed by atoms with Gasteiger partial charge in [-0.2, -0.15) is 9.97 Å². The van der Waals surface area contributed by atoms with Gasteiger partial charge in [0, 0.05) is 19.0 Å². The molecule has 3 unspecified atom stereocenters. The maximum Gasteiger partial charge on any atom is 0.472 e. The number of rotatable bonds is 9. The number of aromatic nitrogens is 6. The molecule has 2 saturated heterocycles. The third-order valence-electron chi connectivity index (χ3n) is 6.52. The highest BCUT2D eigenvalue weighted by Crippen LogP contribution is 2.49. The average molecular weight is 600 g/mol. The fraction of sp³-hybridized carbons (Fsp3) is 0.500.